The summed E-state index contributed by atoms with van der Waals surface area (Å²) < 4.78 is 125. The molecule has 316 valence electrons. The van der Waals surface area contributed by atoms with E-state index in [0.717, 1.165) is 6.42 Å². The number of anilines is 1. The van der Waals surface area contributed by atoms with Gasteiger partial charge >= 0.3 is 30.5 Å². The van der Waals surface area contributed by atoms with Crippen LogP contribution in [0.5, 0.6) is 0 Å². The summed E-state index contributed by atoms with van der Waals surface area (Å²) >= 11 is 0. The maximum absolute atomic E-state index is 12.7. The molecule has 2 aromatic heterocycles. The molecule has 0 aliphatic carbocycles. The number of aliphatic hydroxyl groups is 2. The minimum Gasteiger partial charge on any atom is -0.741 e. The van der Waals surface area contributed by atoms with E-state index in [1.807, 2.05) is 4.90 Å². The second-order valence-corrected chi connectivity index (χ2v) is 14.0. The fraction of sp³-hybridized carbons (Fsp3) is 0.731. The van der Waals surface area contributed by atoms with Gasteiger partial charge in [0.05, 0.1) is 6.33 Å². The molecule has 4 atom stereocenters. The monoisotopic (exact) mass is 907 g/mol. The zero-order valence-corrected chi connectivity index (χ0v) is 33.8. The molecule has 0 bridgehead atoms. The fourth-order valence-corrected chi connectivity index (χ4v) is 4.57. The van der Waals surface area contributed by atoms with Crippen molar-refractivity contribution >= 4 is 49.0 Å². The van der Waals surface area contributed by atoms with E-state index < -0.39 is 61.7 Å². The van der Waals surface area contributed by atoms with E-state index in [0.29, 0.717) is 89.3 Å². The predicted molar refractivity (Wildman–Crippen MR) is 175 cm³/mol. The van der Waals surface area contributed by atoms with Gasteiger partial charge in [0.15, 0.2) is 44.0 Å². The largest absolute Gasteiger partial charge is 2.00 e. The first-order chi connectivity index (χ1) is 25.5. The standard InChI is InChI=1S/C24H37N10O5.2CHF3O3S.Zn/c25-21-17-22(31-14-30-21)34(15-32-17)24-19(37)18(36)20(39-24)23(38)29-5-3-1-2-4-16(35)33-12-10-27-8-6-26-7-9-28-11-13-33;2*2-1(3,4)8(5,6)7;/h14-15,18-20,24,36-37H,1-13H2,(H,29,38)(H2,25,30,31);2*(H,5,6,7);/q-3;;;+2/p-2/t18-,19+,20-,24+;;;/m0.../s1. The number of hydrogen-bond donors (Lipinski definition) is 4. The van der Waals surface area contributed by atoms with E-state index in [1.54, 1.807) is 0 Å². The molecular formula is C26H37F6N10O11S2Zn-3. The smallest absolute Gasteiger partial charge is 0.741 e. The van der Waals surface area contributed by atoms with Gasteiger partial charge in [-0.3, -0.25) is 14.2 Å². The first-order valence-electron chi connectivity index (χ1n) is 15.9. The SMILES string of the molecule is Nc1ncnc2c1ncn2[C@@H]1O[C@H](C(=O)NCCCCCC(=O)N2CC[N-]CC[N-]CC[N-]CC2)[C@@H](O)[C@H]1O.O=S(=O)([O-])C(F)(F)F.O=S(=O)([O-])C(F)(F)F.[Zn+2]. The molecule has 0 spiro atoms. The van der Waals surface area contributed by atoms with Crippen LogP contribution < -0.4 is 11.1 Å². The second-order valence-electron chi connectivity index (χ2n) is 11.3. The predicted octanol–water partition coefficient (Wildman–Crippen LogP) is -0.232. The van der Waals surface area contributed by atoms with Crippen molar-refractivity contribution in [3.05, 3.63) is 28.6 Å². The number of fused-ring (bicyclic) bond motifs is 1. The second kappa shape index (κ2) is 22.9. The van der Waals surface area contributed by atoms with Crippen LogP contribution in [0.25, 0.3) is 27.1 Å². The number of aliphatic hydroxyl groups excluding tert-OH is 2. The summed E-state index contributed by atoms with van der Waals surface area (Å²) in [6.45, 7) is 5.53. The number of hydrogen-bond acceptors (Lipinski definition) is 15. The number of carbonyl (C=O) groups excluding carboxylic acids is 2. The van der Waals surface area contributed by atoms with Crippen LogP contribution in [0, 0.1) is 0 Å². The number of nitrogens with zero attached hydrogens (tertiary/aromatic N) is 8. The molecule has 2 amide bonds. The maximum Gasteiger partial charge on any atom is 2.00 e. The number of halogens is 6. The molecule has 21 nitrogen and oxygen atoms in total. The number of carbonyl (C=O) groups is 2. The summed E-state index contributed by atoms with van der Waals surface area (Å²) in [5.41, 5.74) is -4.83. The number of amides is 2. The molecule has 5 N–H and O–H groups in total. The summed E-state index contributed by atoms with van der Waals surface area (Å²) in [7, 11) is -12.2. The van der Waals surface area contributed by atoms with Gasteiger partial charge in [-0.1, -0.05) is 6.42 Å². The van der Waals surface area contributed by atoms with E-state index in [1.165, 1.54) is 17.2 Å². The summed E-state index contributed by atoms with van der Waals surface area (Å²) in [4.78, 5) is 39.3. The van der Waals surface area contributed by atoms with Crippen molar-refractivity contribution in [3.63, 3.8) is 0 Å². The third-order valence-corrected chi connectivity index (χ3v) is 8.47. The van der Waals surface area contributed by atoms with Gasteiger partial charge in [0.2, 0.25) is 5.91 Å². The number of alkyl halides is 6. The Morgan fingerprint density at radius 2 is 1.36 bits per heavy atom. The van der Waals surface area contributed by atoms with E-state index in [9.17, 15) is 46.1 Å². The fourth-order valence-electron chi connectivity index (χ4n) is 4.57. The van der Waals surface area contributed by atoms with Crippen molar-refractivity contribution in [2.45, 2.75) is 61.2 Å². The summed E-state index contributed by atoms with van der Waals surface area (Å²) in [5, 5.41) is 37.0. The van der Waals surface area contributed by atoms with Crippen LogP contribution in [0.2, 0.25) is 0 Å². The number of aromatic nitrogens is 4. The number of nitrogen functional groups attached to an aromatic ring is 1. The van der Waals surface area contributed by atoms with Gasteiger partial charge in [0, 0.05) is 26.1 Å². The van der Waals surface area contributed by atoms with Crippen molar-refractivity contribution in [1.82, 2.24) is 29.7 Å². The molecule has 2 aliphatic heterocycles. The van der Waals surface area contributed by atoms with Gasteiger partial charge in [0.1, 0.15) is 24.1 Å². The Morgan fingerprint density at radius 3 is 1.86 bits per heavy atom. The first kappa shape index (κ1) is 51.1. The molecule has 2 aromatic rings. The van der Waals surface area contributed by atoms with Crippen molar-refractivity contribution in [1.29, 1.82) is 0 Å². The first-order valence-corrected chi connectivity index (χ1v) is 18.7. The zero-order chi connectivity index (χ0) is 41.6. The average molecular weight is 909 g/mol. The van der Waals surface area contributed by atoms with Gasteiger partial charge in [-0.25, -0.2) is 31.8 Å². The molecule has 2 aliphatic rings. The molecule has 56 heavy (non-hydrogen) atoms. The van der Waals surface area contributed by atoms with Crippen LogP contribution in [-0.2, 0) is 54.0 Å². The van der Waals surface area contributed by atoms with Crippen molar-refractivity contribution in [2.75, 3.05) is 64.6 Å². The van der Waals surface area contributed by atoms with Crippen molar-refractivity contribution in [2.24, 2.45) is 0 Å². The third-order valence-electron chi connectivity index (χ3n) is 7.33. The number of unbranched alkanes of at least 4 members (excludes halogenated alkanes) is 2. The topological polar surface area (TPSA) is 325 Å². The molecule has 0 radical (unpaired) electrons. The van der Waals surface area contributed by atoms with Gasteiger partial charge in [-0.15, -0.1) is 13.1 Å². The van der Waals surface area contributed by atoms with E-state index >= 15 is 0 Å². The van der Waals surface area contributed by atoms with Gasteiger partial charge in [-0.05, 0) is 12.8 Å². The zero-order valence-electron chi connectivity index (χ0n) is 29.2. The third kappa shape index (κ3) is 16.1. The van der Waals surface area contributed by atoms with Crippen LogP contribution in [0.1, 0.15) is 31.9 Å². The molecule has 4 heterocycles. The van der Waals surface area contributed by atoms with Crippen LogP contribution >= 0.6 is 0 Å². The van der Waals surface area contributed by atoms with E-state index in [4.69, 9.17) is 36.4 Å². The minimum absolute atomic E-state index is 0. The minimum atomic E-state index is -6.09. The number of rotatable bonds is 8. The number of nitrogens with one attached hydrogen (secondary N) is 1. The quantitative estimate of drug-likeness (QED) is 0.0874. The van der Waals surface area contributed by atoms with Crippen molar-refractivity contribution in [3.8, 4) is 0 Å². The van der Waals surface area contributed by atoms with E-state index in [-0.39, 0.29) is 31.2 Å². The summed E-state index contributed by atoms with van der Waals surface area (Å²) in [6, 6.07) is 0. The Balaban J connectivity index is 0.000000773. The van der Waals surface area contributed by atoms with Crippen LogP contribution in [0.3, 0.4) is 0 Å². The average Bonchev–Trinajstić information content (AvgIpc) is 3.62. The Bertz CT molecular complexity index is 1710. The number of nitrogens with two attached hydrogens (primary N) is 1. The van der Waals surface area contributed by atoms with Gasteiger partial charge < -0.3 is 56.0 Å². The number of imidazole rings is 1. The van der Waals surface area contributed by atoms with E-state index in [2.05, 4.69) is 36.2 Å². The van der Waals surface area contributed by atoms with Crippen LogP contribution in [-0.4, -0.2) is 161 Å². The molecule has 4 rings (SSSR count). The van der Waals surface area contributed by atoms with Crippen molar-refractivity contribution < 1.29 is 96.3 Å². The molecule has 2 fully saturated rings. The normalized spacial score (nSPS) is 21.6. The summed E-state index contributed by atoms with van der Waals surface area (Å²) in [5.74, 6) is -0.268. The molecule has 30 heteroatoms. The van der Waals surface area contributed by atoms with Crippen LogP contribution in [0.15, 0.2) is 12.7 Å². The van der Waals surface area contributed by atoms with Crippen LogP contribution in [0.4, 0.5) is 32.2 Å². The van der Waals surface area contributed by atoms with Gasteiger partial charge in [-0.2, -0.15) is 52.5 Å². The Hall–Kier alpha value is -2.93. The Labute approximate surface area is 328 Å². The maximum atomic E-state index is 12.7. The Morgan fingerprint density at radius 1 is 0.857 bits per heavy atom. The number of ether oxygens (including phenoxy) is 1. The molecule has 0 saturated carbocycles. The molecule has 0 unspecified atom stereocenters. The molecule has 2 saturated heterocycles. The molecular weight excluding hydrogens is 872 g/mol. The summed E-state index contributed by atoms with van der Waals surface area (Å²) in [6.07, 6.45) is 0.0175. The van der Waals surface area contributed by atoms with Gasteiger partial charge in [0.25, 0.3) is 5.91 Å². The Kier molecular flexibility index (Phi) is 20.9. The molecule has 0 aromatic carbocycles.